The number of aromatic nitrogens is 12. The van der Waals surface area contributed by atoms with E-state index in [-0.39, 0.29) is 41.3 Å². The van der Waals surface area contributed by atoms with Crippen LogP contribution >= 0.6 is 27.5 Å². The highest BCUT2D eigenvalue weighted by Gasteiger charge is 2.39. The predicted molar refractivity (Wildman–Crippen MR) is 405 cm³/mol. The van der Waals surface area contributed by atoms with Crippen molar-refractivity contribution < 1.29 is 36.8 Å². The maximum Gasteiger partial charge on any atom is 0.201 e. The van der Waals surface area contributed by atoms with E-state index in [0.717, 1.165) is 187 Å². The highest BCUT2D eigenvalue weighted by Crippen LogP contribution is 2.45. The fraction of sp³-hybridized carbons (Fsp3) is 0.309. The summed E-state index contributed by atoms with van der Waals surface area (Å²) in [5.41, 5.74) is 22.7. The van der Waals surface area contributed by atoms with Gasteiger partial charge in [0.25, 0.3) is 0 Å². The quantitative estimate of drug-likeness (QED) is 0.0883. The van der Waals surface area contributed by atoms with Gasteiger partial charge in [-0.15, -0.1) is 0 Å². The lowest BCUT2D eigenvalue weighted by Gasteiger charge is -2.29. The van der Waals surface area contributed by atoms with Crippen LogP contribution in [0, 0.1) is 6.92 Å². The Bertz CT molecular complexity index is 5460. The van der Waals surface area contributed by atoms with Gasteiger partial charge in [-0.3, -0.25) is 59.5 Å². The standard InChI is InChI=1S/C21H20N4O2.C20H17BrN4O2.C20H17ClN4O2.C20H18N4O2/c1-12-9-16(25-24-12)21-20-13(5-4-7-17(20)26)10-14(22-21)11-19-23-15-6-2-3-8-18(15)27-19;2*21-13-10-22-25-19(13)20-18-11(4-3-6-15(18)26)8-12(23-20)9-17-24-14-5-1-2-7-16(14)27-17;25-16-6-3-4-12-10-13(22-20(19(12)16)15-8-9-21-24-15)11-18-23-14-5-1-2-7-17(14)26-18/h2-3,6,8-9,21H,4-5,7,10-11H2,1H3,(H,24,25);2*1-2,5,7,10,20H,3-4,6,8-9H2,(H,22,25);1-2,5,7-9,20H,3-4,6,10-11H2,(H,21,24). The zero-order chi connectivity index (χ0) is 72.7. The Morgan fingerprint density at radius 1 is 0.421 bits per heavy atom. The smallest absolute Gasteiger partial charge is 0.201 e. The molecule has 0 bridgehead atoms. The van der Waals surface area contributed by atoms with Gasteiger partial charge >= 0.3 is 0 Å². The lowest BCUT2D eigenvalue weighted by Crippen LogP contribution is -2.24. The van der Waals surface area contributed by atoms with E-state index in [1.54, 1.807) is 18.6 Å². The first kappa shape index (κ1) is 68.8. The van der Waals surface area contributed by atoms with E-state index in [1.807, 2.05) is 116 Å². The molecular weight excluding hydrogens is 1440 g/mol. The summed E-state index contributed by atoms with van der Waals surface area (Å²) >= 11 is 9.81. The molecule has 0 radical (unpaired) electrons. The van der Waals surface area contributed by atoms with Crippen LogP contribution in [0.3, 0.4) is 0 Å². The number of oxazole rings is 4. The van der Waals surface area contributed by atoms with Gasteiger partial charge in [0.15, 0.2) is 45.5 Å². The first-order valence-electron chi connectivity index (χ1n) is 36.3. The summed E-state index contributed by atoms with van der Waals surface area (Å²) in [6, 6.07) is 33.5. The minimum atomic E-state index is -0.420. The number of aromatic amines is 4. The monoisotopic (exact) mass is 1510 g/mol. The third-order valence-corrected chi connectivity index (χ3v) is 21.6. The second-order valence-electron chi connectivity index (χ2n) is 28.0. The zero-order valence-corrected chi connectivity index (χ0v) is 60.8. The SMILES string of the molecule is Cc1cc(C2N=C(Cc3nc4ccccc4o3)CC3=C2C(=O)CCC3)n[nH]1.O=C1CCCC2=C1C(c1[nH]ncc1Br)N=C(Cc1nc3ccccc3o1)C2.O=C1CCCC2=C1C(c1[nH]ncc1Cl)N=C(Cc1nc3ccccc3o1)C2.O=C1CCCC2=C1C(c1ccn[nH]1)N=C(Cc1nc3ccccc3o1)C2. The van der Waals surface area contributed by atoms with Gasteiger partial charge in [-0.2, -0.15) is 20.4 Å². The lowest BCUT2D eigenvalue weighted by molar-refractivity contribution is -0.117. The largest absolute Gasteiger partial charge is 0.440 e. The van der Waals surface area contributed by atoms with E-state index in [4.69, 9.17) is 49.2 Å². The Morgan fingerprint density at radius 3 is 1.14 bits per heavy atom. The molecule has 4 unspecified atom stereocenters. The van der Waals surface area contributed by atoms with Gasteiger partial charge in [0.05, 0.1) is 70.3 Å². The molecule has 4 atom stereocenters. The number of nitrogens with one attached hydrogen (secondary N) is 4. The van der Waals surface area contributed by atoms with Gasteiger partial charge in [-0.1, -0.05) is 82.4 Å². The Kier molecular flexibility index (Phi) is 19.2. The Hall–Kier alpha value is -11.3. The lowest BCUT2D eigenvalue weighted by atomic mass is 9.80. The Morgan fingerprint density at radius 2 is 0.785 bits per heavy atom. The van der Waals surface area contributed by atoms with Crippen LogP contribution < -0.4 is 0 Å². The topological polar surface area (TPSA) is 337 Å². The Labute approximate surface area is 625 Å². The van der Waals surface area contributed by atoms with Crippen molar-refractivity contribution in [1.29, 1.82) is 0 Å². The van der Waals surface area contributed by atoms with Gasteiger partial charge < -0.3 is 17.7 Å². The predicted octanol–water partition coefficient (Wildman–Crippen LogP) is 16.6. The van der Waals surface area contributed by atoms with Crippen molar-refractivity contribution >= 4 is 118 Å². The van der Waals surface area contributed by atoms with Gasteiger partial charge in [-0.25, -0.2) is 19.9 Å². The molecule has 8 aliphatic rings. The summed E-state index contributed by atoms with van der Waals surface area (Å²) in [7, 11) is 0. The number of halogens is 2. The highest BCUT2D eigenvalue weighted by atomic mass is 79.9. The number of aryl methyl sites for hydroxylation is 1. The van der Waals surface area contributed by atoms with Gasteiger partial charge in [0.2, 0.25) is 23.6 Å². The number of dihydropyridines is 4. The number of hydrogen-bond donors (Lipinski definition) is 4. The summed E-state index contributed by atoms with van der Waals surface area (Å²) < 4.78 is 24.3. The van der Waals surface area contributed by atoms with E-state index < -0.39 is 6.04 Å². The molecule has 0 saturated heterocycles. The molecule has 0 saturated carbocycles. The number of rotatable bonds is 12. The molecule has 538 valence electrons. The molecule has 4 aliphatic heterocycles. The van der Waals surface area contributed by atoms with Crippen LogP contribution in [0.15, 0.2) is 214 Å². The maximum atomic E-state index is 12.6. The minimum absolute atomic E-state index is 0.163. The number of allylic oxidation sites excluding steroid dienone is 4. The van der Waals surface area contributed by atoms with E-state index >= 15 is 0 Å². The summed E-state index contributed by atoms with van der Waals surface area (Å²) in [4.78, 5) is 88.2. The molecular formula is C81H72BrClN16O8. The number of H-pyrrole nitrogens is 4. The van der Waals surface area contributed by atoms with Gasteiger partial charge in [-0.05, 0) is 135 Å². The maximum absolute atomic E-state index is 12.6. The molecule has 26 heteroatoms. The number of aliphatic imine (C=N–C) groups is 4. The van der Waals surface area contributed by atoms with Crippen LogP contribution in [0.25, 0.3) is 44.4 Å². The van der Waals surface area contributed by atoms with Crippen molar-refractivity contribution in [3.05, 3.63) is 234 Å². The molecule has 0 fully saturated rings. The molecule has 12 heterocycles. The van der Waals surface area contributed by atoms with Gasteiger partial charge in [0.1, 0.15) is 46.2 Å². The van der Waals surface area contributed by atoms with E-state index in [1.165, 1.54) is 16.7 Å². The second kappa shape index (κ2) is 29.9. The molecule has 4 aromatic carbocycles. The minimum Gasteiger partial charge on any atom is -0.440 e. The van der Waals surface area contributed by atoms with Crippen molar-refractivity contribution in [2.45, 2.75) is 160 Å². The number of Topliss-reactive ketones (excluding diaryl/α,β-unsaturated/α-hetero) is 4. The number of ketones is 4. The molecule has 0 spiro atoms. The van der Waals surface area contributed by atoms with Crippen LogP contribution in [-0.2, 0) is 44.9 Å². The number of para-hydroxylation sites is 8. The van der Waals surface area contributed by atoms with Crippen molar-refractivity contribution in [1.82, 2.24) is 60.7 Å². The van der Waals surface area contributed by atoms with Gasteiger partial charge in [0, 0.05) is 108 Å². The molecule has 12 aromatic rings. The van der Waals surface area contributed by atoms with Crippen LogP contribution in [0.5, 0.6) is 0 Å². The summed E-state index contributed by atoms with van der Waals surface area (Å²) in [6.45, 7) is 1.96. The molecule has 20 rings (SSSR count). The molecule has 4 N–H and O–H groups in total. The van der Waals surface area contributed by atoms with E-state index in [0.29, 0.717) is 98.5 Å². The van der Waals surface area contributed by atoms with Crippen LogP contribution in [-0.4, -0.2) is 107 Å². The normalized spacial score (nSPS) is 20.2. The molecule has 8 aromatic heterocycles. The average Bonchev–Trinajstić information content (AvgIpc) is 1.60. The molecule has 0 amide bonds. The third-order valence-electron chi connectivity index (χ3n) is 20.6. The van der Waals surface area contributed by atoms with Crippen LogP contribution in [0.4, 0.5) is 0 Å². The van der Waals surface area contributed by atoms with Crippen molar-refractivity contribution in [3.63, 3.8) is 0 Å². The summed E-state index contributed by atoms with van der Waals surface area (Å²) in [5, 5.41) is 28.9. The highest BCUT2D eigenvalue weighted by molar-refractivity contribution is 9.10. The number of nitrogens with zero attached hydrogens (tertiary/aromatic N) is 12. The third kappa shape index (κ3) is 14.5. The molecule has 24 nitrogen and oxygen atoms in total. The molecule has 4 aliphatic carbocycles. The fourth-order valence-electron chi connectivity index (χ4n) is 15.9. The van der Waals surface area contributed by atoms with Crippen molar-refractivity contribution in [2.24, 2.45) is 20.0 Å². The zero-order valence-electron chi connectivity index (χ0n) is 58.5. The summed E-state index contributed by atoms with van der Waals surface area (Å²) in [6.07, 6.45) is 19.7. The Balaban J connectivity index is 0.000000105. The van der Waals surface area contributed by atoms with Crippen LogP contribution in [0.2, 0.25) is 5.02 Å². The van der Waals surface area contributed by atoms with E-state index in [2.05, 4.69) is 76.7 Å². The molecule has 107 heavy (non-hydrogen) atoms. The van der Waals surface area contributed by atoms with Crippen molar-refractivity contribution in [3.8, 4) is 0 Å². The number of hydrogen-bond acceptors (Lipinski definition) is 20. The first-order valence-corrected chi connectivity index (χ1v) is 37.5. The number of carbonyl (C=O) groups excluding carboxylic acids is 4. The average molecular weight is 1510 g/mol. The fourth-order valence-corrected chi connectivity index (χ4v) is 16.5. The number of fused-ring (bicyclic) bond motifs is 4. The van der Waals surface area contributed by atoms with Crippen molar-refractivity contribution in [2.75, 3.05) is 0 Å². The van der Waals surface area contributed by atoms with Crippen LogP contribution in [0.1, 0.15) is 179 Å². The summed E-state index contributed by atoms with van der Waals surface area (Å²) in [5.74, 6) is 3.42. The first-order chi connectivity index (χ1) is 52.3. The number of benzene rings is 4. The number of carbonyl (C=O) groups is 4. The van der Waals surface area contributed by atoms with E-state index in [9.17, 15) is 19.2 Å². The second-order valence-corrected chi connectivity index (χ2v) is 29.3.